The minimum absolute atomic E-state index is 0.0423. The molecule has 1 aliphatic rings. The van der Waals surface area contributed by atoms with Crippen LogP contribution < -0.4 is 10.1 Å². The fraction of sp³-hybridized carbons (Fsp3) is 0.333. The molecule has 0 spiro atoms. The second-order valence-corrected chi connectivity index (χ2v) is 7.28. The highest BCUT2D eigenvalue weighted by Gasteiger charge is 2.42. The summed E-state index contributed by atoms with van der Waals surface area (Å²) in [4.78, 5) is 26.1. The lowest BCUT2D eigenvalue weighted by atomic mass is 9.98. The molecule has 7 heteroatoms. The monoisotopic (exact) mass is 402 g/mol. The number of nitrogens with one attached hydrogen (secondary N) is 1. The van der Waals surface area contributed by atoms with Gasteiger partial charge in [0.15, 0.2) is 0 Å². The number of benzene rings is 2. The molecule has 6 nitrogen and oxygen atoms in total. The van der Waals surface area contributed by atoms with Crippen LogP contribution in [0, 0.1) is 0 Å². The van der Waals surface area contributed by atoms with Crippen LogP contribution in [-0.2, 0) is 22.6 Å². The summed E-state index contributed by atoms with van der Waals surface area (Å²) < 4.78 is 5.14. The molecule has 1 saturated heterocycles. The van der Waals surface area contributed by atoms with Gasteiger partial charge in [-0.3, -0.25) is 4.79 Å². The molecule has 2 N–H and O–H groups in total. The van der Waals surface area contributed by atoms with Gasteiger partial charge in [-0.2, -0.15) is 0 Å². The van der Waals surface area contributed by atoms with E-state index in [-0.39, 0.29) is 25.0 Å². The van der Waals surface area contributed by atoms with Crippen LogP contribution in [0.5, 0.6) is 5.75 Å². The highest BCUT2D eigenvalue weighted by molar-refractivity contribution is 6.23. The molecule has 3 rings (SSSR count). The zero-order chi connectivity index (χ0) is 20.1. The Kier molecular flexibility index (Phi) is 6.54. The summed E-state index contributed by atoms with van der Waals surface area (Å²) in [6.45, 7) is 0.212. The van der Waals surface area contributed by atoms with Crippen molar-refractivity contribution in [2.24, 2.45) is 0 Å². The van der Waals surface area contributed by atoms with Crippen LogP contribution in [0.4, 0.5) is 0 Å². The molecule has 0 bridgehead atoms. The third-order valence-corrected chi connectivity index (χ3v) is 5.46. The first-order chi connectivity index (χ1) is 13.5. The molecule has 28 heavy (non-hydrogen) atoms. The molecule has 2 aromatic rings. The molecule has 0 radical (unpaired) electrons. The molecular formula is C21H23ClN2O4. The molecule has 148 valence electrons. The summed E-state index contributed by atoms with van der Waals surface area (Å²) >= 11 is 6.61. The highest BCUT2D eigenvalue weighted by Crippen LogP contribution is 2.24. The number of rotatable bonds is 6. The first-order valence-electron chi connectivity index (χ1n) is 9.06. The van der Waals surface area contributed by atoms with E-state index in [1.54, 1.807) is 19.2 Å². The Morgan fingerprint density at radius 2 is 1.86 bits per heavy atom. The van der Waals surface area contributed by atoms with Crippen LogP contribution in [-0.4, -0.2) is 53.0 Å². The summed E-state index contributed by atoms with van der Waals surface area (Å²) in [6, 6.07) is 15.4. The topological polar surface area (TPSA) is 78.9 Å². The van der Waals surface area contributed by atoms with E-state index in [2.05, 4.69) is 5.32 Å². The van der Waals surface area contributed by atoms with Crippen molar-refractivity contribution in [2.45, 2.75) is 30.4 Å². The fourth-order valence-electron chi connectivity index (χ4n) is 3.42. The third-order valence-electron chi connectivity index (χ3n) is 4.92. The van der Waals surface area contributed by atoms with Crippen LogP contribution in [0.3, 0.4) is 0 Å². The Labute approximate surface area is 169 Å². The fourth-order valence-corrected chi connectivity index (χ4v) is 3.84. The maximum Gasteiger partial charge on any atom is 0.328 e. The van der Waals surface area contributed by atoms with Crippen molar-refractivity contribution < 1.29 is 19.4 Å². The summed E-state index contributed by atoms with van der Waals surface area (Å²) in [7, 11) is 1.57. The number of hydrogen-bond donors (Lipinski definition) is 2. The van der Waals surface area contributed by atoms with Crippen LogP contribution in [0.2, 0.25) is 0 Å². The van der Waals surface area contributed by atoms with Gasteiger partial charge < -0.3 is 20.1 Å². The number of hydrogen-bond acceptors (Lipinski definition) is 4. The van der Waals surface area contributed by atoms with Crippen molar-refractivity contribution in [3.63, 3.8) is 0 Å². The minimum Gasteiger partial charge on any atom is -0.497 e. The lowest BCUT2D eigenvalue weighted by molar-refractivity contribution is -0.149. The molecule has 1 fully saturated rings. The standard InChI is InChI=1S/C21H23ClN2O4/c1-28-16-9-7-15(8-10-16)13-24-18(25)12-23-17(19(22)20(24)21(26)27)11-14-5-3-2-4-6-14/h2-10,17,19-20,23H,11-13H2,1H3,(H,26,27)/t17-,19?,20+/m0/s1. The zero-order valence-electron chi connectivity index (χ0n) is 15.5. The predicted octanol–water partition coefficient (Wildman–Crippen LogP) is 2.30. The van der Waals surface area contributed by atoms with E-state index in [1.807, 2.05) is 42.5 Å². The molecule has 3 atom stereocenters. The van der Waals surface area contributed by atoms with Crippen molar-refractivity contribution in [3.05, 3.63) is 65.7 Å². The molecule has 0 aromatic heterocycles. The van der Waals surface area contributed by atoms with Gasteiger partial charge in [-0.1, -0.05) is 42.5 Å². The van der Waals surface area contributed by atoms with Crippen LogP contribution in [0.15, 0.2) is 54.6 Å². The van der Waals surface area contributed by atoms with Crippen LogP contribution in [0.25, 0.3) is 0 Å². The number of methoxy groups -OCH3 is 1. The number of alkyl halides is 1. The molecule has 0 aliphatic carbocycles. The smallest absolute Gasteiger partial charge is 0.328 e. The number of nitrogens with zero attached hydrogens (tertiary/aromatic N) is 1. The molecule has 1 unspecified atom stereocenters. The quantitative estimate of drug-likeness (QED) is 0.725. The van der Waals surface area contributed by atoms with Gasteiger partial charge in [0.2, 0.25) is 5.91 Å². The first kappa shape index (κ1) is 20.2. The lowest BCUT2D eigenvalue weighted by Crippen LogP contribution is -2.51. The van der Waals surface area contributed by atoms with Crippen LogP contribution in [0.1, 0.15) is 11.1 Å². The summed E-state index contributed by atoms with van der Waals surface area (Å²) in [5.74, 6) is -0.700. The van der Waals surface area contributed by atoms with Crippen molar-refractivity contribution in [1.29, 1.82) is 0 Å². The van der Waals surface area contributed by atoms with Crippen molar-refractivity contribution in [3.8, 4) is 5.75 Å². The largest absolute Gasteiger partial charge is 0.497 e. The van der Waals surface area contributed by atoms with E-state index >= 15 is 0 Å². The molecular weight excluding hydrogens is 380 g/mol. The Morgan fingerprint density at radius 3 is 2.46 bits per heavy atom. The molecule has 2 aromatic carbocycles. The highest BCUT2D eigenvalue weighted by atomic mass is 35.5. The van der Waals surface area contributed by atoms with E-state index in [9.17, 15) is 14.7 Å². The van der Waals surface area contributed by atoms with Gasteiger partial charge in [-0.05, 0) is 29.7 Å². The number of amides is 1. The number of ether oxygens (including phenoxy) is 1. The average molecular weight is 403 g/mol. The van der Waals surface area contributed by atoms with Gasteiger partial charge in [0, 0.05) is 12.6 Å². The molecule has 0 saturated carbocycles. The van der Waals surface area contributed by atoms with Gasteiger partial charge in [0.1, 0.15) is 11.8 Å². The van der Waals surface area contributed by atoms with Gasteiger partial charge in [-0.15, -0.1) is 11.6 Å². The maximum atomic E-state index is 12.7. The minimum atomic E-state index is -1.13. The maximum absolute atomic E-state index is 12.7. The van der Waals surface area contributed by atoms with Crippen LogP contribution >= 0.6 is 11.6 Å². The number of carboxylic acids is 1. The zero-order valence-corrected chi connectivity index (χ0v) is 16.3. The Hall–Kier alpha value is -2.57. The first-order valence-corrected chi connectivity index (χ1v) is 9.50. The van der Waals surface area contributed by atoms with Gasteiger partial charge in [-0.25, -0.2) is 4.79 Å². The Balaban J connectivity index is 1.83. The summed E-state index contributed by atoms with van der Waals surface area (Å²) in [6.07, 6.45) is 0.544. The average Bonchev–Trinajstić information content (AvgIpc) is 2.81. The molecule has 1 amide bonds. The Bertz CT molecular complexity index is 813. The number of carboxylic acid groups (broad SMARTS) is 1. The summed E-state index contributed by atoms with van der Waals surface area (Å²) in [5, 5.41) is 12.2. The number of halogens is 1. The summed E-state index contributed by atoms with van der Waals surface area (Å²) in [5.41, 5.74) is 1.84. The van der Waals surface area contributed by atoms with E-state index in [4.69, 9.17) is 16.3 Å². The van der Waals surface area contributed by atoms with Gasteiger partial charge in [0.05, 0.1) is 19.0 Å². The third kappa shape index (κ3) is 4.64. The van der Waals surface area contributed by atoms with E-state index < -0.39 is 17.4 Å². The SMILES string of the molecule is COc1ccc(CN2C(=O)CN[C@@H](Cc3ccccc3)C(Cl)[C@@H]2C(=O)O)cc1. The molecule has 1 aliphatic heterocycles. The van der Waals surface area contributed by atoms with E-state index in [0.717, 1.165) is 11.1 Å². The molecule has 1 heterocycles. The lowest BCUT2D eigenvalue weighted by Gasteiger charge is -2.31. The van der Waals surface area contributed by atoms with Crippen molar-refractivity contribution >= 4 is 23.5 Å². The normalized spacial score (nSPS) is 22.6. The van der Waals surface area contributed by atoms with Gasteiger partial charge >= 0.3 is 5.97 Å². The second-order valence-electron chi connectivity index (χ2n) is 6.77. The number of carbonyl (C=O) groups excluding carboxylic acids is 1. The number of carbonyl (C=O) groups is 2. The number of aliphatic carboxylic acids is 1. The predicted molar refractivity (Wildman–Crippen MR) is 107 cm³/mol. The second kappa shape index (κ2) is 9.08. The van der Waals surface area contributed by atoms with E-state index in [0.29, 0.717) is 12.2 Å². The van der Waals surface area contributed by atoms with E-state index in [1.165, 1.54) is 4.90 Å². The van der Waals surface area contributed by atoms with Gasteiger partial charge in [0.25, 0.3) is 0 Å². The van der Waals surface area contributed by atoms with Crippen molar-refractivity contribution in [1.82, 2.24) is 10.2 Å². The van der Waals surface area contributed by atoms with Crippen molar-refractivity contribution in [2.75, 3.05) is 13.7 Å². The Morgan fingerprint density at radius 1 is 1.18 bits per heavy atom.